The summed E-state index contributed by atoms with van der Waals surface area (Å²) in [5.74, 6) is 0.874. The van der Waals surface area contributed by atoms with E-state index in [0.29, 0.717) is 35.6 Å². The van der Waals surface area contributed by atoms with Gasteiger partial charge in [0.15, 0.2) is 11.5 Å². The minimum absolute atomic E-state index is 0.0938. The van der Waals surface area contributed by atoms with Crippen LogP contribution >= 0.6 is 15.9 Å². The van der Waals surface area contributed by atoms with Crippen LogP contribution in [0.15, 0.2) is 21.5 Å². The summed E-state index contributed by atoms with van der Waals surface area (Å²) in [7, 11) is -0.596. The third-order valence-electron chi connectivity index (χ3n) is 3.47. The van der Waals surface area contributed by atoms with Crippen LogP contribution < -0.4 is 14.8 Å². The first kappa shape index (κ1) is 16.5. The third-order valence-corrected chi connectivity index (χ3v) is 6.44. The first-order chi connectivity index (χ1) is 9.91. The standard InChI is InChI=1S/C13H19BrN2O4S/c1-9-8-15-4-5-16(9)21(17,18)13-7-12(20-3)11(19-2)6-10(13)14/h6-7,9,15H,4-5,8H2,1-3H3. The number of hydrogen-bond donors (Lipinski definition) is 1. The second-order valence-corrected chi connectivity index (χ2v) is 7.52. The lowest BCUT2D eigenvalue weighted by Gasteiger charge is -2.33. The molecule has 0 bridgehead atoms. The number of nitrogens with zero attached hydrogens (tertiary/aromatic N) is 1. The van der Waals surface area contributed by atoms with Gasteiger partial charge < -0.3 is 14.8 Å². The van der Waals surface area contributed by atoms with Gasteiger partial charge in [0.05, 0.1) is 14.2 Å². The van der Waals surface area contributed by atoms with Crippen molar-refractivity contribution in [2.24, 2.45) is 0 Å². The zero-order chi connectivity index (χ0) is 15.6. The fourth-order valence-corrected chi connectivity index (χ4v) is 4.97. The lowest BCUT2D eigenvalue weighted by atomic mass is 10.3. The Morgan fingerprint density at radius 1 is 1.29 bits per heavy atom. The van der Waals surface area contributed by atoms with Gasteiger partial charge in [0.2, 0.25) is 10.0 Å². The van der Waals surface area contributed by atoms with Crippen LogP contribution in [-0.4, -0.2) is 52.6 Å². The summed E-state index contributed by atoms with van der Waals surface area (Å²) in [5, 5.41) is 3.18. The molecule has 0 aliphatic carbocycles. The molecule has 1 unspecified atom stereocenters. The van der Waals surface area contributed by atoms with Crippen molar-refractivity contribution in [3.8, 4) is 11.5 Å². The van der Waals surface area contributed by atoms with Gasteiger partial charge in [-0.3, -0.25) is 0 Å². The maximum Gasteiger partial charge on any atom is 0.244 e. The first-order valence-electron chi connectivity index (χ1n) is 6.56. The molecule has 1 heterocycles. The molecule has 118 valence electrons. The molecule has 1 aromatic carbocycles. The van der Waals surface area contributed by atoms with Crippen LogP contribution in [-0.2, 0) is 10.0 Å². The van der Waals surface area contributed by atoms with Gasteiger partial charge in [0.25, 0.3) is 0 Å². The van der Waals surface area contributed by atoms with Gasteiger partial charge in [-0.25, -0.2) is 8.42 Å². The Kier molecular flexibility index (Phi) is 5.13. The molecule has 1 aliphatic rings. The van der Waals surface area contributed by atoms with Crippen molar-refractivity contribution in [3.05, 3.63) is 16.6 Å². The maximum absolute atomic E-state index is 12.9. The normalized spacial score (nSPS) is 20.3. The Morgan fingerprint density at radius 3 is 2.48 bits per heavy atom. The highest BCUT2D eigenvalue weighted by molar-refractivity contribution is 9.10. The van der Waals surface area contributed by atoms with E-state index in [1.165, 1.54) is 24.6 Å². The van der Waals surface area contributed by atoms with Gasteiger partial charge in [-0.05, 0) is 28.9 Å². The predicted octanol–water partition coefficient (Wildman–Crippen LogP) is 1.45. The van der Waals surface area contributed by atoms with E-state index in [-0.39, 0.29) is 10.9 Å². The van der Waals surface area contributed by atoms with E-state index >= 15 is 0 Å². The van der Waals surface area contributed by atoms with Crippen LogP contribution in [0.3, 0.4) is 0 Å². The maximum atomic E-state index is 12.9. The van der Waals surface area contributed by atoms with Crippen molar-refractivity contribution in [2.45, 2.75) is 17.9 Å². The quantitative estimate of drug-likeness (QED) is 0.858. The molecular formula is C13H19BrN2O4S. The van der Waals surface area contributed by atoms with E-state index < -0.39 is 10.0 Å². The van der Waals surface area contributed by atoms with E-state index in [0.717, 1.165) is 0 Å². The number of sulfonamides is 1. The highest BCUT2D eigenvalue weighted by atomic mass is 79.9. The fourth-order valence-electron chi connectivity index (χ4n) is 2.34. The second-order valence-electron chi connectivity index (χ2n) is 4.81. The molecule has 1 aromatic rings. The molecule has 21 heavy (non-hydrogen) atoms. The molecule has 1 saturated heterocycles. The average Bonchev–Trinajstić information content (AvgIpc) is 2.46. The zero-order valence-corrected chi connectivity index (χ0v) is 14.6. The van der Waals surface area contributed by atoms with E-state index in [2.05, 4.69) is 21.2 Å². The van der Waals surface area contributed by atoms with Crippen molar-refractivity contribution < 1.29 is 17.9 Å². The molecule has 0 amide bonds. The molecule has 1 N–H and O–H groups in total. The summed E-state index contributed by atoms with van der Waals surface area (Å²) < 4.78 is 38.1. The van der Waals surface area contributed by atoms with Crippen molar-refractivity contribution in [1.82, 2.24) is 9.62 Å². The van der Waals surface area contributed by atoms with Crippen molar-refractivity contribution in [3.63, 3.8) is 0 Å². The number of methoxy groups -OCH3 is 2. The smallest absolute Gasteiger partial charge is 0.244 e. The Hall–Kier alpha value is -0.830. The van der Waals surface area contributed by atoms with Gasteiger partial charge in [-0.1, -0.05) is 0 Å². The fraction of sp³-hybridized carbons (Fsp3) is 0.538. The van der Waals surface area contributed by atoms with E-state index in [4.69, 9.17) is 9.47 Å². The number of hydrogen-bond acceptors (Lipinski definition) is 5. The highest BCUT2D eigenvalue weighted by Crippen LogP contribution is 2.37. The highest BCUT2D eigenvalue weighted by Gasteiger charge is 2.33. The van der Waals surface area contributed by atoms with Gasteiger partial charge >= 0.3 is 0 Å². The lowest BCUT2D eigenvalue weighted by Crippen LogP contribution is -2.52. The van der Waals surface area contributed by atoms with Crippen LogP contribution in [0, 0.1) is 0 Å². The predicted molar refractivity (Wildman–Crippen MR) is 83.5 cm³/mol. The number of ether oxygens (including phenoxy) is 2. The monoisotopic (exact) mass is 378 g/mol. The third kappa shape index (κ3) is 3.18. The summed E-state index contributed by atoms with van der Waals surface area (Å²) >= 11 is 3.32. The van der Waals surface area contributed by atoms with Crippen LogP contribution in [0.1, 0.15) is 6.92 Å². The molecular weight excluding hydrogens is 360 g/mol. The van der Waals surface area contributed by atoms with E-state index in [1.54, 1.807) is 6.07 Å². The summed E-state index contributed by atoms with van der Waals surface area (Å²) in [6.07, 6.45) is 0. The number of nitrogens with one attached hydrogen (secondary N) is 1. The first-order valence-corrected chi connectivity index (χ1v) is 8.79. The molecule has 0 aromatic heterocycles. The SMILES string of the molecule is COc1cc(Br)c(S(=O)(=O)N2CCNCC2C)cc1OC. The lowest BCUT2D eigenvalue weighted by molar-refractivity contribution is 0.283. The summed E-state index contributed by atoms with van der Waals surface area (Å²) in [6.45, 7) is 3.63. The van der Waals surface area contributed by atoms with Crippen molar-refractivity contribution in [1.29, 1.82) is 0 Å². The molecule has 0 spiro atoms. The topological polar surface area (TPSA) is 67.9 Å². The minimum atomic E-state index is -3.59. The molecule has 8 heteroatoms. The van der Waals surface area contributed by atoms with Crippen LogP contribution in [0.4, 0.5) is 0 Å². The number of benzene rings is 1. The molecule has 0 radical (unpaired) electrons. The summed E-state index contributed by atoms with van der Waals surface area (Å²) in [4.78, 5) is 0.189. The van der Waals surface area contributed by atoms with E-state index in [9.17, 15) is 8.42 Å². The number of piperazine rings is 1. The van der Waals surface area contributed by atoms with Crippen molar-refractivity contribution in [2.75, 3.05) is 33.9 Å². The minimum Gasteiger partial charge on any atom is -0.493 e. The Labute approximate surface area is 133 Å². The zero-order valence-electron chi connectivity index (χ0n) is 12.2. The molecule has 1 aliphatic heterocycles. The van der Waals surface area contributed by atoms with Gasteiger partial charge in [-0.15, -0.1) is 0 Å². The molecule has 2 rings (SSSR count). The largest absolute Gasteiger partial charge is 0.493 e. The van der Waals surface area contributed by atoms with Crippen LogP contribution in [0.5, 0.6) is 11.5 Å². The van der Waals surface area contributed by atoms with Gasteiger partial charge in [0, 0.05) is 36.2 Å². The molecule has 1 fully saturated rings. The number of rotatable bonds is 4. The van der Waals surface area contributed by atoms with Crippen LogP contribution in [0.2, 0.25) is 0 Å². The average molecular weight is 379 g/mol. The second kappa shape index (κ2) is 6.51. The van der Waals surface area contributed by atoms with Gasteiger partial charge in [0.1, 0.15) is 4.90 Å². The Balaban J connectivity index is 2.49. The summed E-state index contributed by atoms with van der Waals surface area (Å²) in [6, 6.07) is 3.01. The summed E-state index contributed by atoms with van der Waals surface area (Å²) in [5.41, 5.74) is 0. The molecule has 1 atom stereocenters. The Morgan fingerprint density at radius 2 is 1.90 bits per heavy atom. The van der Waals surface area contributed by atoms with Crippen LogP contribution in [0.25, 0.3) is 0 Å². The molecule has 6 nitrogen and oxygen atoms in total. The molecule has 0 saturated carbocycles. The van der Waals surface area contributed by atoms with Crippen molar-refractivity contribution >= 4 is 26.0 Å². The number of halogens is 1. The Bertz CT molecular complexity index is 621. The van der Waals surface area contributed by atoms with E-state index in [1.807, 2.05) is 6.92 Å². The van der Waals surface area contributed by atoms with Gasteiger partial charge in [-0.2, -0.15) is 4.31 Å².